The third-order valence-electron chi connectivity index (χ3n) is 21.8. The summed E-state index contributed by atoms with van der Waals surface area (Å²) in [5, 5.41) is 70.0. The van der Waals surface area contributed by atoms with Crippen molar-refractivity contribution in [2.75, 3.05) is 7.05 Å². The number of hydrogen-bond acceptors (Lipinski definition) is 20. The molecule has 772 valence electrons. The van der Waals surface area contributed by atoms with Gasteiger partial charge in [-0.3, -0.25) is 24.2 Å². The Morgan fingerprint density at radius 1 is 0.253 bits per heavy atom. The second-order valence-electron chi connectivity index (χ2n) is 32.7. The van der Waals surface area contributed by atoms with E-state index < -0.39 is 51.0 Å². The average Bonchev–Trinajstić information content (AvgIpc) is 1.51. The zero-order valence-electron chi connectivity index (χ0n) is 79.9. The Bertz CT molecular complexity index is 9750. The zero-order valence-corrected chi connectivity index (χ0v) is 95.9. The number of phenolic OH excluding ortho intramolecular Hbond substituents is 1. The molecule has 0 saturated heterocycles. The first-order chi connectivity index (χ1) is 69.1. The molecule has 0 unspecified atom stereocenters. The maximum atomic E-state index is 12.0. The molecule has 5 aliphatic rings. The molecule has 0 atom stereocenters. The maximum absolute atomic E-state index is 12.0. The molecule has 5 aliphatic heterocycles. The summed E-state index contributed by atoms with van der Waals surface area (Å²) in [7, 11) is -17.3. The second kappa shape index (κ2) is 50.0. The van der Waals surface area contributed by atoms with E-state index in [0.29, 0.717) is 80.5 Å². The van der Waals surface area contributed by atoms with E-state index in [-0.39, 0.29) is 153 Å². The fourth-order valence-electron chi connectivity index (χ4n) is 16.6. The Labute approximate surface area is 926 Å². The molecule has 30 nitrogen and oxygen atoms in total. The van der Waals surface area contributed by atoms with E-state index in [9.17, 15) is 61.3 Å². The summed E-state index contributed by atoms with van der Waals surface area (Å²) in [6.07, 6.45) is 6.29. The second-order valence-corrected chi connectivity index (χ2v) is 39.0. The van der Waals surface area contributed by atoms with Gasteiger partial charge in [0.1, 0.15) is 5.75 Å². The number of para-hydroxylation sites is 1. The number of phenols is 1. The molecule has 5 N–H and O–H groups in total. The van der Waals surface area contributed by atoms with E-state index >= 15 is 0 Å². The zero-order chi connectivity index (χ0) is 104. The van der Waals surface area contributed by atoms with E-state index in [2.05, 4.69) is 85.4 Å². The molecule has 19 aromatic rings. The molecule has 40 heteroatoms. The van der Waals surface area contributed by atoms with Gasteiger partial charge < -0.3 is 25.5 Å². The van der Waals surface area contributed by atoms with Gasteiger partial charge in [0.05, 0.1) is 49.8 Å². The summed E-state index contributed by atoms with van der Waals surface area (Å²) in [4.78, 5) is 43.9. The van der Waals surface area contributed by atoms with Crippen LogP contribution in [0.2, 0.25) is 0 Å². The van der Waals surface area contributed by atoms with Crippen LogP contribution >= 0.6 is 0 Å². The molecule has 0 aromatic heterocycles. The van der Waals surface area contributed by atoms with Crippen LogP contribution in [0.15, 0.2) is 369 Å². The topological polar surface area (TPSA) is 476 Å². The molecule has 0 spiro atoms. The summed E-state index contributed by atoms with van der Waals surface area (Å²) in [5.41, 5.74) is 0.755. The van der Waals surface area contributed by atoms with Gasteiger partial charge >= 0.3 is 51.0 Å². The standard InChI is InChI=1S/3C18H9N2O2S.2C14H7N2O2S.C8H9NO.4C5H8O2.4Ir.Pt/c21-23(22)19-17-14-8-4-3-7-13(14)15-9-11-5-1-2-6-12(11)10-16(15)18(17)20-23;21-23(22)19-17-15-8-4-3-7-13(15)14-10-9-11-5-1-2-6-12(11)16(14)18(17)20-23;21-23(22)19-17-14-8-4-3-7-13(14)16-12-6-2-1-5-11(12)9-10-15(16)18(17)20-23;2*17-19(18)15-13-11-7-3-1-5-9(11)10-6-2-4-8-12(10)14(13)16-19;1-9-6-7-4-2-3-5-8(7)10;4*1-4(6)3-5(2)7;;;;;/h3*1-7,9-10H;2*1-7H;2-6,10H,1H3;4*3,6H,1-2H3;;;;;/q5*-1;;;;;;;;;;. The normalized spacial score (nSPS) is 14.0. The van der Waals surface area contributed by atoms with Crippen molar-refractivity contribution in [1.82, 2.24) is 0 Å². The third kappa shape index (κ3) is 27.4. The molecule has 150 heavy (non-hydrogen) atoms. The SMILES string of the molecule is CC(=O)C=C(C)O.CC(=O)C=C(C)O.CC(=O)C=C(C)O.CC(=O)C=C(C)O.CN=Cc1ccccc1O.O=S1(=O)N=c2c(c3c4ccccc4ccc3c3ccc[c-]c23)=N1.O=S1(=O)N=c2c(c3cc4ccccc4cc3c3ccc[c-]c23)=N1.O=S1(=O)N=c2c(c3ccc4ccccc4c3c3ccc[c-]c23)=N1.O=S1(=O)N=c2c(c3ccccc3c3ccc[c-]c23)=N1.O=S1(=O)N=c2c(c3ccccc3c3ccc[c-]c23)=N1.[Ir].[Ir].[Ir].[Ir].[Pt]. The molecule has 24 rings (SSSR count). The number of allylic oxidation sites excluding steroid dienone is 8. The fraction of sp³-hybridized carbons (Fsp3) is 0.0818. The Hall–Kier alpha value is -14.1. The van der Waals surface area contributed by atoms with Crippen molar-refractivity contribution in [3.05, 3.63) is 410 Å². The first-order valence-electron chi connectivity index (χ1n) is 43.9. The monoisotopic (exact) mass is 2990 g/mol. The number of ketones is 4. The summed E-state index contributed by atoms with van der Waals surface area (Å²) >= 11 is 0. The molecule has 5 heterocycles. The fourth-order valence-corrected chi connectivity index (χ4v) is 20.9. The van der Waals surface area contributed by atoms with E-state index in [1.165, 1.54) is 79.7 Å². The minimum atomic E-state index is -3.83. The van der Waals surface area contributed by atoms with Gasteiger partial charge in [-0.1, -0.05) is 212 Å². The number of fused-ring (bicyclic) bond motifs is 35. The number of aliphatic imine (C=N–C) groups is 1. The summed E-state index contributed by atoms with van der Waals surface area (Å²) in [6, 6.07) is 102. The first-order valence-corrected chi connectivity index (χ1v) is 50.9. The number of aliphatic hydroxyl groups excluding tert-OH is 4. The predicted molar refractivity (Wildman–Crippen MR) is 560 cm³/mol. The van der Waals surface area contributed by atoms with Crippen LogP contribution < -0.4 is 53.6 Å². The number of nitrogens with zero attached hydrogens (tertiary/aromatic N) is 11. The van der Waals surface area contributed by atoms with E-state index in [1.54, 1.807) is 55.7 Å². The minimum Gasteiger partial charge on any atom is -0.512 e. The molecule has 4 radical (unpaired) electrons. The molecule has 0 fully saturated rings. The van der Waals surface area contributed by atoms with Crippen molar-refractivity contribution in [1.29, 1.82) is 0 Å². The molecule has 19 aromatic carbocycles. The minimum absolute atomic E-state index is 0. The number of carbonyl (C=O) groups excluding carboxylic acids is 4. The van der Waals surface area contributed by atoms with Crippen molar-refractivity contribution in [3.8, 4) is 5.75 Å². The van der Waals surface area contributed by atoms with Crippen LogP contribution in [0, 0.1) is 30.3 Å². The molecular weight excluding hydrogens is 2900 g/mol. The molecule has 0 aliphatic carbocycles. The Morgan fingerprint density at radius 3 is 0.840 bits per heavy atom. The molecular formula is C110H82Ir4N11O19PtS5-5. The van der Waals surface area contributed by atoms with Gasteiger partial charge in [-0.15, -0.1) is 148 Å². The van der Waals surface area contributed by atoms with E-state index in [0.717, 1.165) is 119 Å². The first kappa shape index (κ1) is 118. The number of rotatable bonds is 5. The van der Waals surface area contributed by atoms with Crippen molar-refractivity contribution < 1.29 is 188 Å². The van der Waals surface area contributed by atoms with Gasteiger partial charge in [-0.05, 0) is 133 Å². The smallest absolute Gasteiger partial charge is 0.354 e. The van der Waals surface area contributed by atoms with Crippen LogP contribution in [-0.4, -0.2) is 104 Å². The van der Waals surface area contributed by atoms with E-state index in [4.69, 9.17) is 25.5 Å². The van der Waals surface area contributed by atoms with Gasteiger partial charge in [0.2, 0.25) is 0 Å². The largest absolute Gasteiger partial charge is 0.512 e. The van der Waals surface area contributed by atoms with Gasteiger partial charge in [-0.2, -0.15) is 86.1 Å². The quantitative estimate of drug-likeness (QED) is 0.0267. The van der Waals surface area contributed by atoms with Crippen LogP contribution in [0.1, 0.15) is 61.0 Å². The average molecular weight is 2990 g/mol. The van der Waals surface area contributed by atoms with Crippen molar-refractivity contribution in [2.24, 2.45) is 49.0 Å². The van der Waals surface area contributed by atoms with Gasteiger partial charge in [0.25, 0.3) is 0 Å². The van der Waals surface area contributed by atoms with Gasteiger partial charge in [0, 0.05) is 177 Å². The van der Waals surface area contributed by atoms with Crippen LogP contribution in [0.4, 0.5) is 0 Å². The van der Waals surface area contributed by atoms with Gasteiger partial charge in [0.15, 0.2) is 23.1 Å². The third-order valence-corrected chi connectivity index (χ3v) is 25.9. The number of aliphatic hydroxyl groups is 4. The van der Waals surface area contributed by atoms with Crippen LogP contribution in [0.25, 0.3) is 140 Å². The van der Waals surface area contributed by atoms with Crippen molar-refractivity contribution in [3.63, 3.8) is 0 Å². The number of hydrogen-bond donors (Lipinski definition) is 5. The predicted octanol–water partition coefficient (Wildman–Crippen LogP) is 15.5. The Kier molecular flexibility index (Phi) is 39.3. The summed E-state index contributed by atoms with van der Waals surface area (Å²) in [5.74, 6) is 0.0214. The van der Waals surface area contributed by atoms with Crippen molar-refractivity contribution in [2.45, 2.75) is 55.4 Å². The molecule has 0 bridgehead atoms. The maximum Gasteiger partial charge on any atom is 0.354 e. The number of aromatic hydroxyl groups is 1. The Balaban J connectivity index is 0.000000175. The Morgan fingerprint density at radius 2 is 0.500 bits per heavy atom. The van der Waals surface area contributed by atoms with Crippen molar-refractivity contribution >= 4 is 220 Å². The number of carbonyl (C=O) groups is 4. The molecule has 0 saturated carbocycles. The van der Waals surface area contributed by atoms with Crippen LogP contribution in [0.5, 0.6) is 5.75 Å². The summed E-state index contributed by atoms with van der Waals surface area (Å²) < 4.78 is 156. The number of benzene rings is 19. The summed E-state index contributed by atoms with van der Waals surface area (Å²) in [6.45, 7) is 11.4. The van der Waals surface area contributed by atoms with E-state index in [1.807, 2.05) is 224 Å². The van der Waals surface area contributed by atoms with Gasteiger partial charge in [-0.25, -0.2) is 0 Å². The van der Waals surface area contributed by atoms with Crippen LogP contribution in [0.3, 0.4) is 0 Å². The van der Waals surface area contributed by atoms with Crippen LogP contribution in [-0.2, 0) is 172 Å². The molecule has 0 amide bonds.